The number of hydrogen-bond donors (Lipinski definition) is 1. The molecular weight excluding hydrogens is 394 g/mol. The van der Waals surface area contributed by atoms with E-state index in [0.717, 1.165) is 16.9 Å². The highest BCUT2D eigenvalue weighted by molar-refractivity contribution is 7.17. The quantitative estimate of drug-likeness (QED) is 0.564. The predicted octanol–water partition coefficient (Wildman–Crippen LogP) is 2.79. The van der Waals surface area contributed by atoms with Crippen LogP contribution in [0.5, 0.6) is 5.75 Å². The molecule has 152 valence electrons. The van der Waals surface area contributed by atoms with Crippen LogP contribution in [0.25, 0.3) is 5.69 Å². The molecule has 2 aromatic heterocycles. The van der Waals surface area contributed by atoms with Crippen LogP contribution in [0.3, 0.4) is 0 Å². The van der Waals surface area contributed by atoms with Gasteiger partial charge in [0, 0.05) is 10.9 Å². The first kappa shape index (κ1) is 20.5. The van der Waals surface area contributed by atoms with E-state index in [-0.39, 0.29) is 19.1 Å². The van der Waals surface area contributed by atoms with Gasteiger partial charge in [-0.15, -0.1) is 16.4 Å². The SMILES string of the molecule is CCOC(=O)c1c(NC(=O)COc2cccc(-n3cnnn3)c2)sc(CC)c1C. The lowest BCUT2D eigenvalue weighted by atomic mass is 10.1. The minimum atomic E-state index is -0.439. The zero-order chi connectivity index (χ0) is 20.8. The Labute approximate surface area is 171 Å². The van der Waals surface area contributed by atoms with Crippen LogP contribution in [-0.2, 0) is 16.0 Å². The van der Waals surface area contributed by atoms with Crippen LogP contribution >= 0.6 is 11.3 Å². The standard InChI is InChI=1S/C19H21N5O4S/c1-4-15-12(3)17(19(26)27-5-2)18(29-15)21-16(25)10-28-14-8-6-7-13(9-14)24-11-20-22-23-24/h6-9,11H,4-5,10H2,1-3H3,(H,21,25). The molecule has 9 nitrogen and oxygen atoms in total. The number of tetrazole rings is 1. The highest BCUT2D eigenvalue weighted by Gasteiger charge is 2.23. The summed E-state index contributed by atoms with van der Waals surface area (Å²) >= 11 is 1.38. The van der Waals surface area contributed by atoms with Crippen molar-refractivity contribution in [1.82, 2.24) is 20.2 Å². The highest BCUT2D eigenvalue weighted by Crippen LogP contribution is 2.34. The number of benzene rings is 1. The molecule has 0 saturated carbocycles. The Bertz CT molecular complexity index is 1000. The lowest BCUT2D eigenvalue weighted by molar-refractivity contribution is -0.118. The second kappa shape index (κ2) is 9.28. The Balaban J connectivity index is 1.68. The van der Waals surface area contributed by atoms with E-state index >= 15 is 0 Å². The summed E-state index contributed by atoms with van der Waals surface area (Å²) in [6.45, 7) is 5.66. The summed E-state index contributed by atoms with van der Waals surface area (Å²) in [7, 11) is 0. The summed E-state index contributed by atoms with van der Waals surface area (Å²) in [5.74, 6) is -0.311. The molecule has 0 aliphatic heterocycles. The Morgan fingerprint density at radius 1 is 1.28 bits per heavy atom. The molecule has 3 aromatic rings. The zero-order valence-corrected chi connectivity index (χ0v) is 17.2. The van der Waals surface area contributed by atoms with E-state index in [1.54, 1.807) is 25.1 Å². The molecule has 1 amide bonds. The van der Waals surface area contributed by atoms with Gasteiger partial charge in [0.25, 0.3) is 5.91 Å². The van der Waals surface area contributed by atoms with E-state index in [1.807, 2.05) is 19.9 Å². The minimum absolute atomic E-state index is 0.209. The first-order valence-corrected chi connectivity index (χ1v) is 9.90. The normalized spacial score (nSPS) is 10.6. The van der Waals surface area contributed by atoms with Gasteiger partial charge < -0.3 is 14.8 Å². The number of nitrogens with one attached hydrogen (secondary N) is 1. The number of rotatable bonds is 8. The lowest BCUT2D eigenvalue weighted by Gasteiger charge is -2.09. The predicted molar refractivity (Wildman–Crippen MR) is 108 cm³/mol. The van der Waals surface area contributed by atoms with E-state index in [9.17, 15) is 9.59 Å². The van der Waals surface area contributed by atoms with Gasteiger partial charge >= 0.3 is 5.97 Å². The summed E-state index contributed by atoms with van der Waals surface area (Å²) in [6, 6.07) is 7.04. The molecule has 0 atom stereocenters. The first-order valence-electron chi connectivity index (χ1n) is 9.08. The van der Waals surface area contributed by atoms with Crippen molar-refractivity contribution in [2.75, 3.05) is 18.5 Å². The van der Waals surface area contributed by atoms with Crippen molar-refractivity contribution in [2.45, 2.75) is 27.2 Å². The van der Waals surface area contributed by atoms with E-state index < -0.39 is 5.97 Å². The third kappa shape index (κ3) is 4.77. The van der Waals surface area contributed by atoms with Crippen LogP contribution in [0.4, 0.5) is 5.00 Å². The van der Waals surface area contributed by atoms with Gasteiger partial charge in [0.05, 0.1) is 17.9 Å². The van der Waals surface area contributed by atoms with Crippen molar-refractivity contribution in [2.24, 2.45) is 0 Å². The number of ether oxygens (including phenoxy) is 2. The van der Waals surface area contributed by atoms with Crippen LogP contribution in [0.15, 0.2) is 30.6 Å². The van der Waals surface area contributed by atoms with Crippen molar-refractivity contribution < 1.29 is 19.1 Å². The van der Waals surface area contributed by atoms with E-state index in [0.29, 0.717) is 22.0 Å². The number of aryl methyl sites for hydroxylation is 1. The molecule has 3 rings (SSSR count). The molecule has 0 aliphatic rings. The number of carbonyl (C=O) groups excluding carboxylic acids is 2. The Morgan fingerprint density at radius 3 is 2.79 bits per heavy atom. The lowest BCUT2D eigenvalue weighted by Crippen LogP contribution is -2.21. The Hall–Kier alpha value is -3.27. The number of carbonyl (C=O) groups is 2. The maximum absolute atomic E-state index is 12.4. The number of nitrogens with zero attached hydrogens (tertiary/aromatic N) is 4. The number of hydrogen-bond acceptors (Lipinski definition) is 8. The van der Waals surface area contributed by atoms with Crippen molar-refractivity contribution in [1.29, 1.82) is 0 Å². The molecule has 0 bridgehead atoms. The molecule has 10 heteroatoms. The molecule has 1 aromatic carbocycles. The number of thiophene rings is 1. The van der Waals surface area contributed by atoms with Crippen LogP contribution in [0, 0.1) is 6.92 Å². The van der Waals surface area contributed by atoms with Crippen molar-refractivity contribution in [3.63, 3.8) is 0 Å². The monoisotopic (exact) mass is 415 g/mol. The molecule has 0 aliphatic carbocycles. The first-order chi connectivity index (χ1) is 14.0. The number of anilines is 1. The van der Waals surface area contributed by atoms with Gasteiger partial charge in [-0.3, -0.25) is 4.79 Å². The molecule has 0 unspecified atom stereocenters. The summed E-state index contributed by atoms with van der Waals surface area (Å²) in [5, 5.41) is 14.3. The van der Waals surface area contributed by atoms with Crippen LogP contribution in [0.2, 0.25) is 0 Å². The highest BCUT2D eigenvalue weighted by atomic mass is 32.1. The second-order valence-corrected chi connectivity index (χ2v) is 7.12. The number of esters is 1. The maximum atomic E-state index is 12.4. The second-order valence-electron chi connectivity index (χ2n) is 6.02. The van der Waals surface area contributed by atoms with Gasteiger partial charge in [-0.2, -0.15) is 0 Å². The fourth-order valence-electron chi connectivity index (χ4n) is 2.74. The summed E-state index contributed by atoms with van der Waals surface area (Å²) in [6.07, 6.45) is 2.23. The van der Waals surface area contributed by atoms with Crippen molar-refractivity contribution in [3.8, 4) is 11.4 Å². The fraction of sp³-hybridized carbons (Fsp3) is 0.316. The van der Waals surface area contributed by atoms with Gasteiger partial charge in [0.15, 0.2) is 6.61 Å². The number of amides is 1. The fourth-order valence-corrected chi connectivity index (χ4v) is 3.89. The van der Waals surface area contributed by atoms with Crippen molar-refractivity contribution >= 4 is 28.2 Å². The van der Waals surface area contributed by atoms with Gasteiger partial charge in [0.2, 0.25) is 0 Å². The van der Waals surface area contributed by atoms with Gasteiger partial charge in [0.1, 0.15) is 17.1 Å². The molecule has 0 radical (unpaired) electrons. The smallest absolute Gasteiger partial charge is 0.341 e. The van der Waals surface area contributed by atoms with Crippen LogP contribution < -0.4 is 10.1 Å². The minimum Gasteiger partial charge on any atom is -0.484 e. The topological polar surface area (TPSA) is 108 Å². The van der Waals surface area contributed by atoms with E-state index in [2.05, 4.69) is 20.8 Å². The molecule has 0 spiro atoms. The maximum Gasteiger partial charge on any atom is 0.341 e. The van der Waals surface area contributed by atoms with E-state index in [4.69, 9.17) is 9.47 Å². The van der Waals surface area contributed by atoms with E-state index in [1.165, 1.54) is 22.3 Å². The third-order valence-corrected chi connectivity index (χ3v) is 5.45. The van der Waals surface area contributed by atoms with Crippen LogP contribution in [-0.4, -0.2) is 45.3 Å². The third-order valence-electron chi connectivity index (χ3n) is 4.10. The number of aromatic nitrogens is 4. The molecular formula is C19H21N5O4S. The van der Waals surface area contributed by atoms with Gasteiger partial charge in [-0.1, -0.05) is 13.0 Å². The zero-order valence-electron chi connectivity index (χ0n) is 16.3. The Kier molecular flexibility index (Phi) is 6.55. The van der Waals surface area contributed by atoms with Gasteiger partial charge in [-0.05, 0) is 48.4 Å². The average molecular weight is 415 g/mol. The molecule has 29 heavy (non-hydrogen) atoms. The largest absolute Gasteiger partial charge is 0.484 e. The summed E-state index contributed by atoms with van der Waals surface area (Å²) in [4.78, 5) is 25.8. The molecule has 0 fully saturated rings. The van der Waals surface area contributed by atoms with Crippen molar-refractivity contribution in [3.05, 3.63) is 46.6 Å². The molecule has 0 saturated heterocycles. The summed E-state index contributed by atoms with van der Waals surface area (Å²) in [5.41, 5.74) is 1.95. The Morgan fingerprint density at radius 2 is 2.10 bits per heavy atom. The average Bonchev–Trinajstić information content (AvgIpc) is 3.35. The summed E-state index contributed by atoms with van der Waals surface area (Å²) < 4.78 is 12.2. The van der Waals surface area contributed by atoms with Gasteiger partial charge in [-0.25, -0.2) is 9.48 Å². The van der Waals surface area contributed by atoms with Crippen LogP contribution in [0.1, 0.15) is 34.6 Å². The molecule has 1 N–H and O–H groups in total. The molecule has 2 heterocycles.